The molecule has 1 aromatic heterocycles. The minimum absolute atomic E-state index is 0.194. The monoisotopic (exact) mass is 333 g/mol. The molecule has 3 rings (SSSR count). The van der Waals surface area contributed by atoms with Gasteiger partial charge in [-0.25, -0.2) is 4.68 Å². The highest BCUT2D eigenvalue weighted by molar-refractivity contribution is 6.31. The van der Waals surface area contributed by atoms with E-state index in [2.05, 4.69) is 20.9 Å². The molecule has 1 amide bonds. The summed E-state index contributed by atoms with van der Waals surface area (Å²) in [5, 5.41) is 15.0. The van der Waals surface area contributed by atoms with Crippen LogP contribution >= 0.6 is 11.6 Å². The van der Waals surface area contributed by atoms with E-state index in [4.69, 9.17) is 11.6 Å². The predicted octanol–water partition coefficient (Wildman–Crippen LogP) is 2.35. The molecule has 0 saturated carbocycles. The number of aromatic nitrogens is 3. The van der Waals surface area contributed by atoms with E-state index in [0.717, 1.165) is 31.5 Å². The van der Waals surface area contributed by atoms with Gasteiger partial charge in [-0.2, -0.15) is 0 Å². The Kier molecular flexibility index (Phi) is 4.93. The first kappa shape index (κ1) is 16.0. The van der Waals surface area contributed by atoms with Crippen LogP contribution in [0.5, 0.6) is 0 Å². The summed E-state index contributed by atoms with van der Waals surface area (Å²) < 4.78 is 1.80. The highest BCUT2D eigenvalue weighted by Crippen LogP contribution is 2.22. The normalized spacial score (nSPS) is 17.0. The summed E-state index contributed by atoms with van der Waals surface area (Å²) in [7, 11) is 0. The van der Waals surface area contributed by atoms with E-state index in [-0.39, 0.29) is 11.9 Å². The third kappa shape index (κ3) is 3.71. The van der Waals surface area contributed by atoms with Gasteiger partial charge >= 0.3 is 0 Å². The third-order valence-electron chi connectivity index (χ3n) is 4.15. The molecule has 23 heavy (non-hydrogen) atoms. The Labute approximate surface area is 140 Å². The zero-order valence-corrected chi connectivity index (χ0v) is 13.8. The fourth-order valence-corrected chi connectivity index (χ4v) is 3.10. The average Bonchev–Trinajstić information content (AvgIpc) is 3.06. The molecule has 2 N–H and O–H groups in total. The lowest BCUT2D eigenvalue weighted by atomic mass is 10.1. The summed E-state index contributed by atoms with van der Waals surface area (Å²) in [5.74, 6) is -0.238. The molecule has 6 nitrogen and oxygen atoms in total. The zero-order valence-electron chi connectivity index (χ0n) is 13.0. The van der Waals surface area contributed by atoms with Crippen LogP contribution in [-0.4, -0.2) is 34.0 Å². The largest absolute Gasteiger partial charge is 0.344 e. The molecule has 0 bridgehead atoms. The number of hydrogen-bond donors (Lipinski definition) is 2. The number of carbonyl (C=O) groups is 1. The van der Waals surface area contributed by atoms with Crippen molar-refractivity contribution >= 4 is 17.5 Å². The molecule has 0 unspecified atom stereocenters. The quantitative estimate of drug-likeness (QED) is 0.901. The summed E-state index contributed by atoms with van der Waals surface area (Å²) in [4.78, 5) is 12.4. The Hall–Kier alpha value is -1.92. The lowest BCUT2D eigenvalue weighted by Gasteiger charge is -2.22. The number of amides is 1. The fraction of sp³-hybridized carbons (Fsp3) is 0.438. The van der Waals surface area contributed by atoms with Crippen molar-refractivity contribution in [3.63, 3.8) is 0 Å². The predicted molar refractivity (Wildman–Crippen MR) is 88.5 cm³/mol. The van der Waals surface area contributed by atoms with Gasteiger partial charge in [0.05, 0.1) is 18.3 Å². The fourth-order valence-electron chi connectivity index (χ4n) is 2.81. The van der Waals surface area contributed by atoms with Crippen LogP contribution < -0.4 is 10.6 Å². The van der Waals surface area contributed by atoms with Crippen molar-refractivity contribution in [2.45, 2.75) is 31.8 Å². The molecule has 1 aromatic carbocycles. The van der Waals surface area contributed by atoms with Crippen molar-refractivity contribution in [2.24, 2.45) is 0 Å². The average molecular weight is 334 g/mol. The minimum atomic E-state index is -0.238. The molecule has 1 fully saturated rings. The Morgan fingerprint density at radius 2 is 2.13 bits per heavy atom. The van der Waals surface area contributed by atoms with Crippen LogP contribution in [0.2, 0.25) is 5.02 Å². The van der Waals surface area contributed by atoms with Gasteiger partial charge in [-0.1, -0.05) is 35.0 Å². The van der Waals surface area contributed by atoms with Crippen molar-refractivity contribution < 1.29 is 4.79 Å². The molecular weight excluding hydrogens is 314 g/mol. The number of benzene rings is 1. The van der Waals surface area contributed by atoms with E-state index in [0.29, 0.717) is 16.8 Å². The molecule has 1 aliphatic heterocycles. The van der Waals surface area contributed by atoms with Crippen molar-refractivity contribution in [1.29, 1.82) is 0 Å². The summed E-state index contributed by atoms with van der Waals surface area (Å²) in [6.07, 6.45) is 3.73. The zero-order chi connectivity index (χ0) is 16.2. The lowest BCUT2D eigenvalue weighted by molar-refractivity contribution is 0.0934. The van der Waals surface area contributed by atoms with Crippen LogP contribution in [0.25, 0.3) is 0 Å². The van der Waals surface area contributed by atoms with E-state index in [9.17, 15) is 4.79 Å². The molecule has 2 heterocycles. The van der Waals surface area contributed by atoms with Gasteiger partial charge in [0.15, 0.2) is 5.69 Å². The SMILES string of the molecule is C[C@@H](NC(=O)c1cn(C2CCNCC2)nn1)c1ccccc1Cl. The first-order valence-electron chi connectivity index (χ1n) is 7.83. The number of halogens is 1. The summed E-state index contributed by atoms with van der Waals surface area (Å²) in [5.41, 5.74) is 1.22. The topological polar surface area (TPSA) is 71.8 Å². The van der Waals surface area contributed by atoms with Crippen molar-refractivity contribution in [3.05, 3.63) is 46.7 Å². The number of rotatable bonds is 4. The van der Waals surface area contributed by atoms with Gasteiger partial charge in [0.25, 0.3) is 5.91 Å². The standard InChI is InChI=1S/C16H20ClN5O/c1-11(13-4-2-3-5-14(13)17)19-16(23)15-10-22(21-20-15)12-6-8-18-9-7-12/h2-5,10-12,18H,6-9H2,1H3,(H,19,23)/t11-/m1/s1. The second-order valence-corrected chi connectivity index (χ2v) is 6.19. The first-order chi connectivity index (χ1) is 11.1. The van der Waals surface area contributed by atoms with Crippen molar-refractivity contribution in [2.75, 3.05) is 13.1 Å². The Balaban J connectivity index is 1.66. The molecule has 1 saturated heterocycles. The highest BCUT2D eigenvalue weighted by atomic mass is 35.5. The van der Waals surface area contributed by atoms with Crippen LogP contribution in [0.15, 0.2) is 30.5 Å². The maximum Gasteiger partial charge on any atom is 0.273 e. The van der Waals surface area contributed by atoms with Gasteiger partial charge in [-0.05, 0) is 44.5 Å². The van der Waals surface area contributed by atoms with E-state index < -0.39 is 0 Å². The van der Waals surface area contributed by atoms with Gasteiger partial charge in [0, 0.05) is 5.02 Å². The number of piperidine rings is 1. The second-order valence-electron chi connectivity index (χ2n) is 5.78. The summed E-state index contributed by atoms with van der Waals surface area (Å²) in [6, 6.07) is 7.60. The van der Waals surface area contributed by atoms with Gasteiger partial charge < -0.3 is 10.6 Å². The summed E-state index contributed by atoms with van der Waals surface area (Å²) >= 11 is 6.16. The Bertz CT molecular complexity index is 681. The van der Waals surface area contributed by atoms with Crippen LogP contribution in [0.4, 0.5) is 0 Å². The molecule has 2 aromatic rings. The Morgan fingerprint density at radius 3 is 2.87 bits per heavy atom. The van der Waals surface area contributed by atoms with Gasteiger partial charge in [-0.15, -0.1) is 5.10 Å². The molecule has 0 radical (unpaired) electrons. The number of hydrogen-bond acceptors (Lipinski definition) is 4. The molecule has 122 valence electrons. The van der Waals surface area contributed by atoms with Crippen molar-refractivity contribution in [3.8, 4) is 0 Å². The smallest absolute Gasteiger partial charge is 0.273 e. The number of nitrogens with zero attached hydrogens (tertiary/aromatic N) is 3. The number of nitrogens with one attached hydrogen (secondary N) is 2. The number of carbonyl (C=O) groups excluding carboxylic acids is 1. The molecule has 1 aliphatic rings. The van der Waals surface area contributed by atoms with Crippen LogP contribution in [-0.2, 0) is 0 Å². The maximum absolute atomic E-state index is 12.4. The molecule has 7 heteroatoms. The van der Waals surface area contributed by atoms with Crippen LogP contribution in [0.1, 0.15) is 47.9 Å². The first-order valence-corrected chi connectivity index (χ1v) is 8.21. The maximum atomic E-state index is 12.4. The molecule has 1 atom stereocenters. The van der Waals surface area contributed by atoms with E-state index in [1.165, 1.54) is 0 Å². The molecule has 0 spiro atoms. The van der Waals surface area contributed by atoms with E-state index in [1.807, 2.05) is 31.2 Å². The van der Waals surface area contributed by atoms with Gasteiger partial charge in [-0.3, -0.25) is 4.79 Å². The van der Waals surface area contributed by atoms with E-state index in [1.54, 1.807) is 10.9 Å². The van der Waals surface area contributed by atoms with Gasteiger partial charge in [0.2, 0.25) is 0 Å². The molecular formula is C16H20ClN5O. The van der Waals surface area contributed by atoms with Crippen LogP contribution in [0.3, 0.4) is 0 Å². The molecule has 0 aliphatic carbocycles. The third-order valence-corrected chi connectivity index (χ3v) is 4.49. The summed E-state index contributed by atoms with van der Waals surface area (Å²) in [6.45, 7) is 3.83. The van der Waals surface area contributed by atoms with Crippen LogP contribution in [0, 0.1) is 0 Å². The Morgan fingerprint density at radius 1 is 1.39 bits per heavy atom. The van der Waals surface area contributed by atoms with Crippen molar-refractivity contribution in [1.82, 2.24) is 25.6 Å². The van der Waals surface area contributed by atoms with E-state index >= 15 is 0 Å². The second kappa shape index (κ2) is 7.10. The van der Waals surface area contributed by atoms with Gasteiger partial charge in [0.1, 0.15) is 0 Å². The lowest BCUT2D eigenvalue weighted by Crippen LogP contribution is -2.29. The highest BCUT2D eigenvalue weighted by Gasteiger charge is 2.20. The minimum Gasteiger partial charge on any atom is -0.344 e.